The van der Waals surface area contributed by atoms with E-state index in [0.717, 1.165) is 19.6 Å². The Bertz CT molecular complexity index is 431. The Morgan fingerprint density at radius 1 is 1.29 bits per heavy atom. The molecule has 92 valence electrons. The van der Waals surface area contributed by atoms with E-state index in [-0.39, 0.29) is 0 Å². The maximum absolute atomic E-state index is 3.54. The van der Waals surface area contributed by atoms with Crippen molar-refractivity contribution in [1.82, 2.24) is 10.6 Å². The molecule has 1 heterocycles. The zero-order valence-electron chi connectivity index (χ0n) is 10.5. The summed E-state index contributed by atoms with van der Waals surface area (Å²) in [7, 11) is 0. The van der Waals surface area contributed by atoms with E-state index in [1.165, 1.54) is 15.0 Å². The Kier molecular flexibility index (Phi) is 4.54. The molecule has 0 amide bonds. The van der Waals surface area contributed by atoms with Crippen molar-refractivity contribution in [2.75, 3.05) is 13.1 Å². The quantitative estimate of drug-likeness (QED) is 0.821. The van der Waals surface area contributed by atoms with Gasteiger partial charge in [-0.25, -0.2) is 0 Å². The van der Waals surface area contributed by atoms with Crippen molar-refractivity contribution in [3.05, 3.63) is 35.2 Å². The van der Waals surface area contributed by atoms with Crippen molar-refractivity contribution in [2.45, 2.75) is 26.4 Å². The van der Waals surface area contributed by atoms with E-state index in [1.54, 1.807) is 0 Å². The largest absolute Gasteiger partial charge is 0.315 e. The Labute approximate surface area is 107 Å². The highest BCUT2D eigenvalue weighted by Crippen LogP contribution is 2.24. The summed E-state index contributed by atoms with van der Waals surface area (Å²) in [6, 6.07) is 11.4. The number of likely N-dealkylation sites (N-methyl/N-ethyl adjacent to an activating group) is 1. The van der Waals surface area contributed by atoms with Gasteiger partial charge in [0.25, 0.3) is 0 Å². The summed E-state index contributed by atoms with van der Waals surface area (Å²) in [5.41, 5.74) is 0. The van der Waals surface area contributed by atoms with Gasteiger partial charge in [0.15, 0.2) is 0 Å². The molecular weight excluding hydrogens is 228 g/mol. The van der Waals surface area contributed by atoms with Crippen LogP contribution in [0.2, 0.25) is 0 Å². The Morgan fingerprint density at radius 3 is 2.88 bits per heavy atom. The normalized spacial score (nSPS) is 13.1. The van der Waals surface area contributed by atoms with Crippen molar-refractivity contribution < 1.29 is 0 Å². The van der Waals surface area contributed by atoms with Crippen LogP contribution in [-0.2, 0) is 6.54 Å². The van der Waals surface area contributed by atoms with Crippen molar-refractivity contribution >= 4 is 21.4 Å². The second kappa shape index (κ2) is 6.15. The zero-order chi connectivity index (χ0) is 12.1. The van der Waals surface area contributed by atoms with Crippen LogP contribution in [0, 0.1) is 0 Å². The molecule has 0 bridgehead atoms. The van der Waals surface area contributed by atoms with Gasteiger partial charge in [-0.2, -0.15) is 0 Å². The first-order valence-corrected chi connectivity index (χ1v) is 7.03. The second-order valence-electron chi connectivity index (χ2n) is 4.34. The van der Waals surface area contributed by atoms with E-state index in [0.29, 0.717) is 6.04 Å². The molecule has 0 saturated carbocycles. The third-order valence-electron chi connectivity index (χ3n) is 2.80. The Hall–Kier alpha value is -0.900. The monoisotopic (exact) mass is 248 g/mol. The van der Waals surface area contributed by atoms with E-state index >= 15 is 0 Å². The first-order valence-electron chi connectivity index (χ1n) is 6.21. The van der Waals surface area contributed by atoms with Crippen LogP contribution in [0.3, 0.4) is 0 Å². The van der Waals surface area contributed by atoms with Gasteiger partial charge in [0.05, 0.1) is 0 Å². The number of nitrogens with one attached hydrogen (secondary N) is 2. The van der Waals surface area contributed by atoms with Crippen LogP contribution in [0.25, 0.3) is 10.1 Å². The van der Waals surface area contributed by atoms with E-state index in [2.05, 4.69) is 54.8 Å². The standard InChI is InChI=1S/C14H20N2S/c1-3-15-9-11(2)16-10-13-8-12-6-4-5-7-14(12)17-13/h4-8,11,15-16H,3,9-10H2,1-2H3. The predicted molar refractivity (Wildman–Crippen MR) is 76.7 cm³/mol. The molecule has 2 aromatic rings. The molecule has 0 aliphatic heterocycles. The highest BCUT2D eigenvalue weighted by Gasteiger charge is 2.03. The van der Waals surface area contributed by atoms with Gasteiger partial charge in [-0.05, 0) is 31.0 Å². The maximum Gasteiger partial charge on any atom is 0.0346 e. The highest BCUT2D eigenvalue weighted by molar-refractivity contribution is 7.19. The fourth-order valence-electron chi connectivity index (χ4n) is 1.83. The van der Waals surface area contributed by atoms with Crippen LogP contribution < -0.4 is 10.6 Å². The molecule has 1 aromatic heterocycles. The minimum absolute atomic E-state index is 0.514. The molecule has 1 atom stereocenters. The number of thiophene rings is 1. The number of hydrogen-bond donors (Lipinski definition) is 2. The predicted octanol–water partition coefficient (Wildman–Crippen LogP) is 2.99. The van der Waals surface area contributed by atoms with Crippen LogP contribution in [0.5, 0.6) is 0 Å². The summed E-state index contributed by atoms with van der Waals surface area (Å²) < 4.78 is 1.38. The van der Waals surface area contributed by atoms with Gasteiger partial charge in [-0.3, -0.25) is 0 Å². The van der Waals surface area contributed by atoms with Gasteiger partial charge < -0.3 is 10.6 Å². The van der Waals surface area contributed by atoms with Crippen LogP contribution in [0.15, 0.2) is 30.3 Å². The third-order valence-corrected chi connectivity index (χ3v) is 3.92. The van der Waals surface area contributed by atoms with Crippen molar-refractivity contribution in [2.24, 2.45) is 0 Å². The molecule has 17 heavy (non-hydrogen) atoms. The van der Waals surface area contributed by atoms with E-state index in [4.69, 9.17) is 0 Å². The SMILES string of the molecule is CCNCC(C)NCc1cc2ccccc2s1. The van der Waals surface area contributed by atoms with Crippen LogP contribution in [0.4, 0.5) is 0 Å². The van der Waals surface area contributed by atoms with E-state index in [1.807, 2.05) is 11.3 Å². The minimum atomic E-state index is 0.514. The van der Waals surface area contributed by atoms with Crippen LogP contribution in [0.1, 0.15) is 18.7 Å². The molecule has 0 aliphatic rings. The van der Waals surface area contributed by atoms with Gasteiger partial charge in [0.1, 0.15) is 0 Å². The molecular formula is C14H20N2S. The van der Waals surface area contributed by atoms with Crippen LogP contribution in [-0.4, -0.2) is 19.1 Å². The summed E-state index contributed by atoms with van der Waals surface area (Å²) in [6.45, 7) is 7.39. The maximum atomic E-state index is 3.54. The number of benzene rings is 1. The van der Waals surface area contributed by atoms with E-state index < -0.39 is 0 Å². The average molecular weight is 248 g/mol. The Morgan fingerprint density at radius 2 is 2.12 bits per heavy atom. The lowest BCUT2D eigenvalue weighted by Gasteiger charge is -2.12. The molecule has 0 spiro atoms. The summed E-state index contributed by atoms with van der Waals surface area (Å²) in [6.07, 6.45) is 0. The molecule has 0 saturated heterocycles. The van der Waals surface area contributed by atoms with Crippen molar-refractivity contribution in [1.29, 1.82) is 0 Å². The fraction of sp³-hybridized carbons (Fsp3) is 0.429. The van der Waals surface area contributed by atoms with E-state index in [9.17, 15) is 0 Å². The first-order chi connectivity index (χ1) is 8.29. The lowest BCUT2D eigenvalue weighted by molar-refractivity contribution is 0.511. The number of fused-ring (bicyclic) bond motifs is 1. The molecule has 0 fully saturated rings. The average Bonchev–Trinajstić information content (AvgIpc) is 2.76. The first kappa shape index (κ1) is 12.6. The summed E-state index contributed by atoms with van der Waals surface area (Å²) in [4.78, 5) is 1.41. The molecule has 1 unspecified atom stereocenters. The number of rotatable bonds is 6. The molecule has 2 rings (SSSR count). The molecule has 3 heteroatoms. The number of hydrogen-bond acceptors (Lipinski definition) is 3. The van der Waals surface area contributed by atoms with Crippen LogP contribution >= 0.6 is 11.3 Å². The molecule has 0 aliphatic carbocycles. The molecule has 2 N–H and O–H groups in total. The van der Waals surface area contributed by atoms with Gasteiger partial charge >= 0.3 is 0 Å². The van der Waals surface area contributed by atoms with Gasteiger partial charge in [-0.1, -0.05) is 25.1 Å². The molecule has 0 radical (unpaired) electrons. The van der Waals surface area contributed by atoms with Gasteiger partial charge in [0, 0.05) is 28.7 Å². The van der Waals surface area contributed by atoms with Gasteiger partial charge in [0.2, 0.25) is 0 Å². The minimum Gasteiger partial charge on any atom is -0.315 e. The molecule has 2 nitrogen and oxygen atoms in total. The van der Waals surface area contributed by atoms with Gasteiger partial charge in [-0.15, -0.1) is 11.3 Å². The smallest absolute Gasteiger partial charge is 0.0346 e. The lowest BCUT2D eigenvalue weighted by Crippen LogP contribution is -2.35. The fourth-order valence-corrected chi connectivity index (χ4v) is 2.85. The second-order valence-corrected chi connectivity index (χ2v) is 5.51. The van der Waals surface area contributed by atoms with Crippen molar-refractivity contribution in [3.8, 4) is 0 Å². The lowest BCUT2D eigenvalue weighted by atomic mass is 10.2. The van der Waals surface area contributed by atoms with Crippen molar-refractivity contribution in [3.63, 3.8) is 0 Å². The Balaban J connectivity index is 1.90. The summed E-state index contributed by atoms with van der Waals surface area (Å²) >= 11 is 1.88. The summed E-state index contributed by atoms with van der Waals surface area (Å²) in [5.74, 6) is 0. The third kappa shape index (κ3) is 3.53. The zero-order valence-corrected chi connectivity index (χ0v) is 11.3. The topological polar surface area (TPSA) is 24.1 Å². The molecule has 1 aromatic carbocycles. The summed E-state index contributed by atoms with van der Waals surface area (Å²) in [5, 5.41) is 8.25. The highest BCUT2D eigenvalue weighted by atomic mass is 32.1.